The molecule has 4 aromatic rings. The number of nitrogens with one attached hydrogen (secondary N) is 1. The van der Waals surface area contributed by atoms with E-state index in [0.29, 0.717) is 48.1 Å². The molecule has 1 aromatic heterocycles. The Bertz CT molecular complexity index is 1670. The first kappa shape index (κ1) is 30.6. The van der Waals surface area contributed by atoms with E-state index in [1.807, 2.05) is 38.1 Å². The molecule has 10 nitrogen and oxygen atoms in total. The second-order valence-corrected chi connectivity index (χ2v) is 10.5. The van der Waals surface area contributed by atoms with Crippen molar-refractivity contribution >= 4 is 40.2 Å². The number of carbonyl (C=O) groups excluding carboxylic acids is 2. The van der Waals surface area contributed by atoms with Crippen molar-refractivity contribution in [3.05, 3.63) is 90.0 Å². The van der Waals surface area contributed by atoms with Crippen molar-refractivity contribution in [3.8, 4) is 17.2 Å². The molecule has 1 N–H and O–H groups in total. The zero-order valence-corrected chi connectivity index (χ0v) is 24.5. The molecule has 2 heterocycles. The molecule has 14 heteroatoms. The normalized spacial score (nSPS) is 14.2. The van der Waals surface area contributed by atoms with Crippen LogP contribution in [0.5, 0.6) is 11.5 Å². The Morgan fingerprint density at radius 2 is 1.82 bits per heavy atom. The minimum Gasteiger partial charge on any atom is -0.492 e. The first-order valence-electron chi connectivity index (χ1n) is 13.5. The predicted octanol–water partition coefficient (Wildman–Crippen LogP) is 6.33. The third-order valence-corrected chi connectivity index (χ3v) is 7.26. The summed E-state index contributed by atoms with van der Waals surface area (Å²) in [5.41, 5.74) is 3.54. The molecule has 1 saturated heterocycles. The summed E-state index contributed by atoms with van der Waals surface area (Å²) >= 11 is 1.18. The maximum atomic E-state index is 12.8. The number of aryl methyl sites for hydroxylation is 3. The third-order valence-electron chi connectivity index (χ3n) is 6.33. The number of hydrogen-bond donors (Lipinski definition) is 1. The van der Waals surface area contributed by atoms with Crippen LogP contribution in [-0.2, 0) is 17.6 Å². The summed E-state index contributed by atoms with van der Waals surface area (Å²) in [6.07, 6.45) is -2.13. The molecule has 0 aliphatic carbocycles. The number of aliphatic imine (C=N–C) groups is 1. The van der Waals surface area contributed by atoms with Gasteiger partial charge in [-0.05, 0) is 79.9 Å². The van der Waals surface area contributed by atoms with Crippen molar-refractivity contribution in [2.75, 3.05) is 22.6 Å². The second-order valence-electron chi connectivity index (χ2n) is 9.59. The van der Waals surface area contributed by atoms with Crippen LogP contribution in [0.2, 0.25) is 0 Å². The maximum Gasteiger partial charge on any atom is 0.573 e. The average molecular weight is 625 g/mol. The lowest BCUT2D eigenvalue weighted by atomic mass is 10.1. The Balaban J connectivity index is 1.17. The first-order valence-corrected chi connectivity index (χ1v) is 14.5. The number of rotatable bonds is 9. The number of thioether (sulfide) groups is 1. The summed E-state index contributed by atoms with van der Waals surface area (Å²) in [5, 5.41) is 7.40. The van der Waals surface area contributed by atoms with Gasteiger partial charge in [0.05, 0.1) is 23.7 Å². The van der Waals surface area contributed by atoms with Crippen LogP contribution < -0.4 is 19.7 Å². The number of urea groups is 1. The zero-order chi connectivity index (χ0) is 31.3. The number of hydrogen-bond acceptors (Lipinski definition) is 7. The Hall–Kier alpha value is -4.85. The minimum atomic E-state index is -4.75. The number of amidine groups is 1. The van der Waals surface area contributed by atoms with Crippen LogP contribution in [0.4, 0.5) is 29.3 Å². The molecule has 1 aliphatic heterocycles. The third kappa shape index (κ3) is 7.75. The first-order chi connectivity index (χ1) is 21.1. The molecule has 3 aromatic carbocycles. The van der Waals surface area contributed by atoms with E-state index in [-0.39, 0.29) is 22.6 Å². The van der Waals surface area contributed by atoms with Gasteiger partial charge in [0.1, 0.15) is 17.8 Å². The molecule has 228 valence electrons. The van der Waals surface area contributed by atoms with Gasteiger partial charge in [0.15, 0.2) is 11.0 Å². The number of aromatic nitrogens is 3. The van der Waals surface area contributed by atoms with Gasteiger partial charge in [0.2, 0.25) is 5.91 Å². The summed E-state index contributed by atoms with van der Waals surface area (Å²) in [4.78, 5) is 35.3. The van der Waals surface area contributed by atoms with E-state index in [0.717, 1.165) is 11.1 Å². The van der Waals surface area contributed by atoms with E-state index in [1.165, 1.54) is 51.9 Å². The fourth-order valence-corrected chi connectivity index (χ4v) is 5.21. The highest BCUT2D eigenvalue weighted by Crippen LogP contribution is 2.35. The molecule has 0 unspecified atom stereocenters. The van der Waals surface area contributed by atoms with Crippen LogP contribution in [0.25, 0.3) is 5.69 Å². The monoisotopic (exact) mass is 624 g/mol. The van der Waals surface area contributed by atoms with Crippen molar-refractivity contribution in [1.82, 2.24) is 14.8 Å². The summed E-state index contributed by atoms with van der Waals surface area (Å²) in [7, 11) is 0. The smallest absolute Gasteiger partial charge is 0.492 e. The highest BCUT2D eigenvalue weighted by atomic mass is 32.2. The van der Waals surface area contributed by atoms with Gasteiger partial charge < -0.3 is 14.8 Å². The molecule has 0 saturated carbocycles. The van der Waals surface area contributed by atoms with E-state index >= 15 is 0 Å². The molecule has 3 amide bonds. The van der Waals surface area contributed by atoms with Gasteiger partial charge in [-0.15, -0.1) is 13.2 Å². The Morgan fingerprint density at radius 1 is 1.07 bits per heavy atom. The Labute approximate surface area is 254 Å². The number of alkyl halides is 3. The van der Waals surface area contributed by atoms with Gasteiger partial charge in [-0.3, -0.25) is 9.69 Å². The zero-order valence-electron chi connectivity index (χ0n) is 23.7. The van der Waals surface area contributed by atoms with Gasteiger partial charge in [-0.25, -0.2) is 14.5 Å². The maximum absolute atomic E-state index is 12.8. The number of anilines is 2. The number of carbonyl (C=O) groups is 2. The SMILES string of the molecule is CCOc1ccc(C)cc1N1C(=O)CS/C1=N\C(=O)Nc1ccc(CCc2ncn(-c3ccc(OC(F)(F)F)cc3)n2)cc1. The van der Waals surface area contributed by atoms with Crippen molar-refractivity contribution in [1.29, 1.82) is 0 Å². The van der Waals surface area contributed by atoms with E-state index < -0.39 is 12.4 Å². The lowest BCUT2D eigenvalue weighted by molar-refractivity contribution is -0.274. The molecule has 0 spiro atoms. The standard InChI is InChI=1S/C30H27F3N6O4S/c1-3-42-25-14-4-19(2)16-24(25)39-27(40)17-44-29(39)36-28(41)35-21-8-5-20(6-9-21)7-15-26-34-18-38(37-26)22-10-12-23(13-11-22)43-30(31,32)33/h4-6,8-14,16,18H,3,7,15,17H2,1-2H3,(H,35,41)/b36-29-. The molecular weight excluding hydrogens is 597 g/mol. The van der Waals surface area contributed by atoms with Crippen LogP contribution >= 0.6 is 11.8 Å². The predicted molar refractivity (Wildman–Crippen MR) is 161 cm³/mol. The van der Waals surface area contributed by atoms with Crippen molar-refractivity contribution in [3.63, 3.8) is 0 Å². The van der Waals surface area contributed by atoms with E-state index in [1.54, 1.807) is 18.2 Å². The summed E-state index contributed by atoms with van der Waals surface area (Å²) in [5.74, 6) is 0.749. The molecule has 5 rings (SSSR count). The average Bonchev–Trinajstić information content (AvgIpc) is 3.60. The Morgan fingerprint density at radius 3 is 2.52 bits per heavy atom. The van der Waals surface area contributed by atoms with E-state index in [4.69, 9.17) is 4.74 Å². The number of halogens is 3. The number of benzene rings is 3. The van der Waals surface area contributed by atoms with Crippen molar-refractivity contribution in [2.45, 2.75) is 33.1 Å². The van der Waals surface area contributed by atoms with Crippen LogP contribution in [-0.4, -0.2) is 50.6 Å². The van der Waals surface area contributed by atoms with Gasteiger partial charge in [-0.1, -0.05) is 30.0 Å². The van der Waals surface area contributed by atoms with Crippen LogP contribution in [0.15, 0.2) is 78.0 Å². The molecule has 0 bridgehead atoms. The van der Waals surface area contributed by atoms with Crippen molar-refractivity contribution < 1.29 is 32.2 Å². The van der Waals surface area contributed by atoms with Crippen LogP contribution in [0.1, 0.15) is 23.9 Å². The van der Waals surface area contributed by atoms with Crippen molar-refractivity contribution in [2.24, 2.45) is 4.99 Å². The molecule has 1 aliphatic rings. The van der Waals surface area contributed by atoms with Crippen LogP contribution in [0.3, 0.4) is 0 Å². The van der Waals surface area contributed by atoms with Gasteiger partial charge in [0, 0.05) is 12.1 Å². The van der Waals surface area contributed by atoms with E-state index in [2.05, 4.69) is 25.1 Å². The Kier molecular flexibility index (Phi) is 9.18. The van der Waals surface area contributed by atoms with Gasteiger partial charge >= 0.3 is 12.4 Å². The number of nitrogens with zero attached hydrogens (tertiary/aromatic N) is 5. The van der Waals surface area contributed by atoms with Crippen LogP contribution in [0, 0.1) is 6.92 Å². The quantitative estimate of drug-likeness (QED) is 0.232. The van der Waals surface area contributed by atoms with Gasteiger partial charge in [-0.2, -0.15) is 10.1 Å². The number of amides is 3. The lowest BCUT2D eigenvalue weighted by Gasteiger charge is -2.20. The molecule has 0 radical (unpaired) electrons. The highest BCUT2D eigenvalue weighted by Gasteiger charge is 2.33. The number of ether oxygens (including phenoxy) is 2. The minimum absolute atomic E-state index is 0.163. The fourth-order valence-electron chi connectivity index (χ4n) is 4.35. The summed E-state index contributed by atoms with van der Waals surface area (Å²) < 4.78 is 48.2. The second kappa shape index (κ2) is 13.2. The molecule has 0 atom stereocenters. The topological polar surface area (TPSA) is 111 Å². The fraction of sp³-hybridized carbons (Fsp3) is 0.233. The van der Waals surface area contributed by atoms with E-state index in [9.17, 15) is 22.8 Å². The summed E-state index contributed by atoms with van der Waals surface area (Å²) in [6.45, 7) is 4.19. The molecule has 1 fully saturated rings. The largest absolute Gasteiger partial charge is 0.573 e. The molecular formula is C30H27F3N6O4S. The summed E-state index contributed by atoms with van der Waals surface area (Å²) in [6, 6.07) is 17.5. The lowest BCUT2D eigenvalue weighted by Crippen LogP contribution is -2.30. The van der Waals surface area contributed by atoms with Gasteiger partial charge in [0.25, 0.3) is 0 Å². The highest BCUT2D eigenvalue weighted by molar-refractivity contribution is 8.15. The molecule has 44 heavy (non-hydrogen) atoms.